The van der Waals surface area contributed by atoms with Crippen molar-refractivity contribution in [2.24, 2.45) is 0 Å². The number of aromatic nitrogens is 2. The third-order valence-electron chi connectivity index (χ3n) is 3.76. The van der Waals surface area contributed by atoms with Crippen molar-refractivity contribution in [1.82, 2.24) is 14.9 Å². The highest BCUT2D eigenvalue weighted by Crippen LogP contribution is 2.10. The first kappa shape index (κ1) is 15.7. The van der Waals surface area contributed by atoms with E-state index in [2.05, 4.69) is 24.1 Å². The Morgan fingerprint density at radius 3 is 2.90 bits per heavy atom. The zero-order chi connectivity index (χ0) is 15.1. The van der Waals surface area contributed by atoms with Gasteiger partial charge in [-0.15, -0.1) is 0 Å². The number of nitrogens with zero attached hydrogens (tertiary/aromatic N) is 2. The topological polar surface area (TPSA) is 46.9 Å². The quantitative estimate of drug-likeness (QED) is 0.759. The number of aryl methyl sites for hydroxylation is 1. The third kappa shape index (κ3) is 4.39. The average molecular weight is 287 g/mol. The van der Waals surface area contributed by atoms with E-state index in [0.717, 1.165) is 43.4 Å². The van der Waals surface area contributed by atoms with Crippen LogP contribution in [0.4, 0.5) is 0 Å². The average Bonchev–Trinajstić information content (AvgIpc) is 2.51. The molecule has 4 heteroatoms. The molecule has 1 aromatic carbocycles. The number of para-hydroxylation sites is 2. The molecule has 0 fully saturated rings. The highest BCUT2D eigenvalue weighted by molar-refractivity contribution is 5.74. The van der Waals surface area contributed by atoms with Crippen LogP contribution in [0.15, 0.2) is 35.3 Å². The Morgan fingerprint density at radius 1 is 1.29 bits per heavy atom. The van der Waals surface area contributed by atoms with Gasteiger partial charge in [-0.25, -0.2) is 4.98 Å². The van der Waals surface area contributed by atoms with Gasteiger partial charge in [0.1, 0.15) is 0 Å². The van der Waals surface area contributed by atoms with Crippen LogP contribution in [0.25, 0.3) is 11.0 Å². The molecule has 1 aromatic heterocycles. The van der Waals surface area contributed by atoms with E-state index in [-0.39, 0.29) is 5.56 Å². The number of hydrogen-bond acceptors (Lipinski definition) is 3. The van der Waals surface area contributed by atoms with Crippen molar-refractivity contribution < 1.29 is 0 Å². The van der Waals surface area contributed by atoms with Crippen molar-refractivity contribution in [2.45, 2.75) is 52.1 Å². The Morgan fingerprint density at radius 2 is 2.10 bits per heavy atom. The highest BCUT2D eigenvalue weighted by atomic mass is 16.1. The monoisotopic (exact) mass is 287 g/mol. The van der Waals surface area contributed by atoms with Gasteiger partial charge in [0.25, 0.3) is 5.56 Å². The van der Waals surface area contributed by atoms with Crippen LogP contribution in [-0.4, -0.2) is 22.1 Å². The molecule has 0 radical (unpaired) electrons. The van der Waals surface area contributed by atoms with Crippen molar-refractivity contribution in [3.05, 3.63) is 40.8 Å². The van der Waals surface area contributed by atoms with Crippen molar-refractivity contribution in [3.63, 3.8) is 0 Å². The summed E-state index contributed by atoms with van der Waals surface area (Å²) in [6.45, 7) is 6.25. The number of hydrogen-bond donors (Lipinski definition) is 1. The van der Waals surface area contributed by atoms with E-state index in [9.17, 15) is 4.79 Å². The normalized spacial score (nSPS) is 12.7. The van der Waals surface area contributed by atoms with Gasteiger partial charge in [0.2, 0.25) is 0 Å². The molecule has 1 unspecified atom stereocenters. The van der Waals surface area contributed by atoms with Crippen LogP contribution in [0.3, 0.4) is 0 Å². The SMILES string of the molecule is CCCNC(C)CCCCn1c(=O)cnc2ccccc21. The van der Waals surface area contributed by atoms with E-state index in [1.165, 1.54) is 12.6 Å². The fraction of sp³-hybridized carbons (Fsp3) is 0.529. The maximum atomic E-state index is 12.0. The molecule has 0 aliphatic carbocycles. The van der Waals surface area contributed by atoms with Crippen LogP contribution in [0, 0.1) is 0 Å². The zero-order valence-electron chi connectivity index (χ0n) is 13.0. The first-order valence-corrected chi connectivity index (χ1v) is 7.90. The van der Waals surface area contributed by atoms with Crippen LogP contribution in [0.5, 0.6) is 0 Å². The zero-order valence-corrected chi connectivity index (χ0v) is 13.0. The predicted molar refractivity (Wildman–Crippen MR) is 87.6 cm³/mol. The summed E-state index contributed by atoms with van der Waals surface area (Å²) in [5, 5.41) is 3.49. The Hall–Kier alpha value is -1.68. The summed E-state index contributed by atoms with van der Waals surface area (Å²) in [5.74, 6) is 0. The molecule has 4 nitrogen and oxygen atoms in total. The van der Waals surface area contributed by atoms with Gasteiger partial charge < -0.3 is 9.88 Å². The van der Waals surface area contributed by atoms with Gasteiger partial charge in [-0.05, 0) is 44.9 Å². The minimum atomic E-state index is -0.00847. The molecule has 0 aliphatic rings. The van der Waals surface area contributed by atoms with E-state index in [4.69, 9.17) is 0 Å². The van der Waals surface area contributed by atoms with Gasteiger partial charge in [0, 0.05) is 12.6 Å². The first-order valence-electron chi connectivity index (χ1n) is 7.90. The molecule has 1 atom stereocenters. The van der Waals surface area contributed by atoms with E-state index in [0.29, 0.717) is 6.04 Å². The summed E-state index contributed by atoms with van der Waals surface area (Å²) < 4.78 is 1.84. The third-order valence-corrected chi connectivity index (χ3v) is 3.76. The second-order valence-corrected chi connectivity index (χ2v) is 5.59. The molecule has 0 bridgehead atoms. The van der Waals surface area contributed by atoms with Gasteiger partial charge in [0.05, 0.1) is 17.2 Å². The number of fused-ring (bicyclic) bond motifs is 1. The minimum Gasteiger partial charge on any atom is -0.314 e. The van der Waals surface area contributed by atoms with E-state index in [1.54, 1.807) is 0 Å². The summed E-state index contributed by atoms with van der Waals surface area (Å²) in [5.41, 5.74) is 1.81. The molecule has 0 amide bonds. The number of rotatable bonds is 8. The van der Waals surface area contributed by atoms with E-state index < -0.39 is 0 Å². The summed E-state index contributed by atoms with van der Waals surface area (Å²) in [6.07, 6.45) is 5.89. The second-order valence-electron chi connectivity index (χ2n) is 5.59. The maximum Gasteiger partial charge on any atom is 0.269 e. The van der Waals surface area contributed by atoms with Crippen molar-refractivity contribution in [1.29, 1.82) is 0 Å². The van der Waals surface area contributed by atoms with Gasteiger partial charge in [0.15, 0.2) is 0 Å². The Bertz CT molecular complexity index is 621. The summed E-state index contributed by atoms with van der Waals surface area (Å²) in [6, 6.07) is 8.37. The van der Waals surface area contributed by atoms with Gasteiger partial charge >= 0.3 is 0 Å². The maximum absolute atomic E-state index is 12.0. The number of unbranched alkanes of at least 4 members (excludes halogenated alkanes) is 1. The minimum absolute atomic E-state index is 0.00847. The lowest BCUT2D eigenvalue weighted by Crippen LogP contribution is -2.26. The van der Waals surface area contributed by atoms with E-state index >= 15 is 0 Å². The van der Waals surface area contributed by atoms with Crippen LogP contribution in [-0.2, 0) is 6.54 Å². The molecule has 0 saturated heterocycles. The highest BCUT2D eigenvalue weighted by Gasteiger charge is 2.04. The predicted octanol–water partition coefficient (Wildman–Crippen LogP) is 2.95. The van der Waals surface area contributed by atoms with Gasteiger partial charge in [-0.2, -0.15) is 0 Å². The lowest BCUT2D eigenvalue weighted by atomic mass is 10.1. The fourth-order valence-corrected chi connectivity index (χ4v) is 2.56. The first-order chi connectivity index (χ1) is 10.2. The standard InChI is InChI=1S/C17H25N3O/c1-3-11-18-14(2)8-6-7-12-20-16-10-5-4-9-15(16)19-13-17(20)21/h4-5,9-10,13-14,18H,3,6-8,11-12H2,1-2H3. The fourth-order valence-electron chi connectivity index (χ4n) is 2.56. The Balaban J connectivity index is 1.92. The van der Waals surface area contributed by atoms with Crippen molar-refractivity contribution in [3.8, 4) is 0 Å². The molecule has 21 heavy (non-hydrogen) atoms. The molecule has 1 heterocycles. The van der Waals surface area contributed by atoms with E-state index in [1.807, 2.05) is 28.8 Å². The van der Waals surface area contributed by atoms with Crippen molar-refractivity contribution >= 4 is 11.0 Å². The van der Waals surface area contributed by atoms with Crippen LogP contribution >= 0.6 is 0 Å². The smallest absolute Gasteiger partial charge is 0.269 e. The molecule has 2 rings (SSSR count). The van der Waals surface area contributed by atoms with Gasteiger partial charge in [-0.1, -0.05) is 25.5 Å². The summed E-state index contributed by atoms with van der Waals surface area (Å²) in [7, 11) is 0. The largest absolute Gasteiger partial charge is 0.314 e. The molecular formula is C17H25N3O. The number of nitrogens with one attached hydrogen (secondary N) is 1. The van der Waals surface area contributed by atoms with Crippen LogP contribution in [0.2, 0.25) is 0 Å². The molecular weight excluding hydrogens is 262 g/mol. The molecule has 0 aliphatic heterocycles. The summed E-state index contributed by atoms with van der Waals surface area (Å²) >= 11 is 0. The van der Waals surface area contributed by atoms with Crippen LogP contribution in [0.1, 0.15) is 39.5 Å². The van der Waals surface area contributed by atoms with Crippen molar-refractivity contribution in [2.75, 3.05) is 6.54 Å². The van der Waals surface area contributed by atoms with Crippen LogP contribution < -0.4 is 10.9 Å². The lowest BCUT2D eigenvalue weighted by molar-refractivity contribution is 0.475. The molecule has 0 saturated carbocycles. The molecule has 0 spiro atoms. The Labute approximate surface area is 126 Å². The molecule has 114 valence electrons. The number of benzene rings is 1. The van der Waals surface area contributed by atoms with Gasteiger partial charge in [-0.3, -0.25) is 4.79 Å². The molecule has 2 aromatic rings. The second kappa shape index (κ2) is 7.93. The Kier molecular flexibility index (Phi) is 5.93. The molecule has 1 N–H and O–H groups in total. The summed E-state index contributed by atoms with van der Waals surface area (Å²) in [4.78, 5) is 16.2. The lowest BCUT2D eigenvalue weighted by Gasteiger charge is -2.13.